The van der Waals surface area contributed by atoms with E-state index in [-0.39, 0.29) is 23.4 Å². The summed E-state index contributed by atoms with van der Waals surface area (Å²) in [5.74, 6) is -0.807. The Labute approximate surface area is 252 Å². The first-order valence-corrected chi connectivity index (χ1v) is 15.9. The molecule has 0 aromatic heterocycles. The average Bonchev–Trinajstić information content (AvgIpc) is 3.45. The second-order valence-electron chi connectivity index (χ2n) is 10.6. The molecule has 0 aliphatic heterocycles. The highest BCUT2D eigenvalue weighted by atomic mass is 35.5. The number of anilines is 1. The van der Waals surface area contributed by atoms with Crippen molar-refractivity contribution in [2.24, 2.45) is 0 Å². The summed E-state index contributed by atoms with van der Waals surface area (Å²) in [5.41, 5.74) is 2.73. The zero-order chi connectivity index (χ0) is 29.7. The first kappa shape index (κ1) is 30.9. The van der Waals surface area contributed by atoms with E-state index in [1.807, 2.05) is 26.0 Å². The molecule has 1 saturated carbocycles. The number of nitrogens with zero attached hydrogens (tertiary/aromatic N) is 2. The van der Waals surface area contributed by atoms with Gasteiger partial charge in [-0.25, -0.2) is 8.42 Å². The molecule has 10 heteroatoms. The largest absolute Gasteiger partial charge is 0.352 e. The molecule has 3 aromatic rings. The van der Waals surface area contributed by atoms with Crippen molar-refractivity contribution in [3.63, 3.8) is 0 Å². The lowest BCUT2D eigenvalue weighted by Crippen LogP contribution is -2.52. The highest BCUT2D eigenvalue weighted by Crippen LogP contribution is 2.29. The number of aryl methyl sites for hydroxylation is 2. The number of benzene rings is 3. The van der Waals surface area contributed by atoms with E-state index in [9.17, 15) is 18.0 Å². The Morgan fingerprint density at radius 2 is 1.63 bits per heavy atom. The molecule has 4 rings (SSSR count). The lowest BCUT2D eigenvalue weighted by atomic mass is 10.1. The summed E-state index contributed by atoms with van der Waals surface area (Å²) < 4.78 is 29.0. The molecular weight excluding hydrogens is 581 g/mol. The summed E-state index contributed by atoms with van der Waals surface area (Å²) in [4.78, 5) is 28.9. The van der Waals surface area contributed by atoms with Crippen LogP contribution in [0.2, 0.25) is 10.0 Å². The van der Waals surface area contributed by atoms with Crippen LogP contribution >= 0.6 is 23.2 Å². The Morgan fingerprint density at radius 1 is 0.951 bits per heavy atom. The van der Waals surface area contributed by atoms with Crippen molar-refractivity contribution in [2.45, 2.75) is 70.0 Å². The van der Waals surface area contributed by atoms with Gasteiger partial charge < -0.3 is 10.2 Å². The minimum absolute atomic E-state index is 0.0427. The molecule has 1 aliphatic rings. The minimum Gasteiger partial charge on any atom is -0.352 e. The normalized spacial score (nSPS) is 14.5. The summed E-state index contributed by atoms with van der Waals surface area (Å²) in [6.45, 7) is 4.94. The summed E-state index contributed by atoms with van der Waals surface area (Å²) >= 11 is 12.4. The highest BCUT2D eigenvalue weighted by Gasteiger charge is 2.34. The minimum atomic E-state index is -4.12. The maximum Gasteiger partial charge on any atom is 0.264 e. The molecule has 0 spiro atoms. The smallest absolute Gasteiger partial charge is 0.264 e. The number of carbonyl (C=O) groups is 2. The zero-order valence-corrected chi connectivity index (χ0v) is 25.8. The lowest BCUT2D eigenvalue weighted by molar-refractivity contribution is -0.139. The third-order valence-corrected chi connectivity index (χ3v) is 9.95. The molecule has 1 aliphatic carbocycles. The third-order valence-electron chi connectivity index (χ3n) is 7.44. The maximum absolute atomic E-state index is 14.1. The number of hydrogen-bond acceptors (Lipinski definition) is 4. The topological polar surface area (TPSA) is 86.8 Å². The van der Waals surface area contributed by atoms with Gasteiger partial charge in [0.05, 0.1) is 20.6 Å². The number of nitrogens with one attached hydrogen (secondary N) is 1. The van der Waals surface area contributed by atoms with Crippen LogP contribution < -0.4 is 9.62 Å². The van der Waals surface area contributed by atoms with Gasteiger partial charge in [-0.15, -0.1) is 0 Å². The summed E-state index contributed by atoms with van der Waals surface area (Å²) in [5, 5.41) is 3.76. The molecule has 7 nitrogen and oxygen atoms in total. The SMILES string of the molecule is Cc1ccc(N(CC(=O)N(Cc2ccc(Cl)c(Cl)c2)[C@H](C)C(=O)NC2CCCC2)S(=O)(=O)c2ccccc2)c(C)c1. The fourth-order valence-electron chi connectivity index (χ4n) is 5.13. The molecule has 218 valence electrons. The van der Waals surface area contributed by atoms with Crippen LogP contribution in [0.15, 0.2) is 71.6 Å². The molecule has 2 amide bonds. The van der Waals surface area contributed by atoms with Crippen molar-refractivity contribution in [1.29, 1.82) is 0 Å². The molecule has 0 saturated heterocycles. The number of sulfonamides is 1. The van der Waals surface area contributed by atoms with Gasteiger partial charge in [0.15, 0.2) is 0 Å². The van der Waals surface area contributed by atoms with Crippen molar-refractivity contribution < 1.29 is 18.0 Å². The van der Waals surface area contributed by atoms with Gasteiger partial charge in [0.2, 0.25) is 11.8 Å². The molecule has 0 bridgehead atoms. The monoisotopic (exact) mass is 615 g/mol. The van der Waals surface area contributed by atoms with E-state index in [1.54, 1.807) is 49.4 Å². The molecular formula is C31H35Cl2N3O4S. The third kappa shape index (κ3) is 7.42. The molecule has 41 heavy (non-hydrogen) atoms. The molecule has 3 aromatic carbocycles. The van der Waals surface area contributed by atoms with E-state index < -0.39 is 28.5 Å². The Morgan fingerprint density at radius 3 is 2.27 bits per heavy atom. The standard InChI is InChI=1S/C31H35Cl2N3O4S/c1-21-13-16-29(22(2)17-21)36(41(39,40)26-11-5-4-6-12-26)20-30(37)35(19-24-14-15-27(32)28(33)18-24)23(3)31(38)34-25-9-7-8-10-25/h4-6,11-18,23,25H,7-10,19-20H2,1-3H3,(H,34,38)/t23-/m1/s1. The Hall–Kier alpha value is -3.07. The van der Waals surface area contributed by atoms with Gasteiger partial charge in [-0.05, 0) is 75.1 Å². The predicted octanol–water partition coefficient (Wildman–Crippen LogP) is 6.28. The fourth-order valence-corrected chi connectivity index (χ4v) is 6.95. The Balaban J connectivity index is 1.71. The average molecular weight is 617 g/mol. The molecule has 0 radical (unpaired) electrons. The molecule has 1 fully saturated rings. The van der Waals surface area contributed by atoms with Crippen LogP contribution in [0.25, 0.3) is 0 Å². The molecule has 0 heterocycles. The van der Waals surface area contributed by atoms with Crippen LogP contribution in [0.4, 0.5) is 5.69 Å². The van der Waals surface area contributed by atoms with Crippen molar-refractivity contribution in [3.05, 3.63) is 93.5 Å². The number of amides is 2. The van der Waals surface area contributed by atoms with Crippen molar-refractivity contribution >= 4 is 50.7 Å². The van der Waals surface area contributed by atoms with Crippen LogP contribution in [0, 0.1) is 13.8 Å². The van der Waals surface area contributed by atoms with Gasteiger partial charge >= 0.3 is 0 Å². The van der Waals surface area contributed by atoms with E-state index in [1.165, 1.54) is 17.0 Å². The molecule has 1 N–H and O–H groups in total. The summed E-state index contributed by atoms with van der Waals surface area (Å²) in [7, 11) is -4.12. The van der Waals surface area contributed by atoms with Crippen LogP contribution in [0.1, 0.15) is 49.3 Å². The number of rotatable bonds is 10. The highest BCUT2D eigenvalue weighted by molar-refractivity contribution is 7.92. The lowest BCUT2D eigenvalue weighted by Gasteiger charge is -2.33. The van der Waals surface area contributed by atoms with E-state index in [2.05, 4.69) is 5.32 Å². The van der Waals surface area contributed by atoms with Gasteiger partial charge in [0.25, 0.3) is 10.0 Å². The van der Waals surface area contributed by atoms with Crippen molar-refractivity contribution in [1.82, 2.24) is 10.2 Å². The van der Waals surface area contributed by atoms with Crippen molar-refractivity contribution in [2.75, 3.05) is 10.8 Å². The second-order valence-corrected chi connectivity index (χ2v) is 13.2. The van der Waals surface area contributed by atoms with E-state index >= 15 is 0 Å². The molecule has 0 unspecified atom stereocenters. The van der Waals surface area contributed by atoms with Gasteiger partial charge in [-0.3, -0.25) is 13.9 Å². The van der Waals surface area contributed by atoms with Gasteiger partial charge in [0, 0.05) is 12.6 Å². The van der Waals surface area contributed by atoms with Crippen molar-refractivity contribution in [3.8, 4) is 0 Å². The first-order valence-electron chi connectivity index (χ1n) is 13.7. The van der Waals surface area contributed by atoms with Gasteiger partial charge in [-0.1, -0.05) is 78.0 Å². The van der Waals surface area contributed by atoms with Crippen LogP contribution in [-0.4, -0.2) is 43.8 Å². The van der Waals surface area contributed by atoms with E-state index in [4.69, 9.17) is 23.2 Å². The summed E-state index contributed by atoms with van der Waals surface area (Å²) in [6, 6.07) is 17.6. The van der Waals surface area contributed by atoms with E-state index in [0.29, 0.717) is 26.9 Å². The first-order chi connectivity index (χ1) is 19.5. The number of hydrogen-bond donors (Lipinski definition) is 1. The predicted molar refractivity (Wildman–Crippen MR) is 164 cm³/mol. The summed E-state index contributed by atoms with van der Waals surface area (Å²) in [6.07, 6.45) is 3.89. The zero-order valence-electron chi connectivity index (χ0n) is 23.4. The van der Waals surface area contributed by atoms with Crippen LogP contribution in [-0.2, 0) is 26.2 Å². The Bertz CT molecular complexity index is 1510. The quantitative estimate of drug-likeness (QED) is 0.291. The van der Waals surface area contributed by atoms with Crippen LogP contribution in [0.5, 0.6) is 0 Å². The van der Waals surface area contributed by atoms with Gasteiger partial charge in [-0.2, -0.15) is 0 Å². The second kappa shape index (κ2) is 13.3. The molecule has 1 atom stereocenters. The van der Waals surface area contributed by atoms with E-state index in [0.717, 1.165) is 35.6 Å². The number of carbonyl (C=O) groups excluding carboxylic acids is 2. The fraction of sp³-hybridized carbons (Fsp3) is 0.355. The number of halogens is 2. The van der Waals surface area contributed by atoms with Crippen LogP contribution in [0.3, 0.4) is 0 Å². The Kier molecular flexibility index (Phi) is 10.00. The maximum atomic E-state index is 14.1. The van der Waals surface area contributed by atoms with Gasteiger partial charge in [0.1, 0.15) is 12.6 Å².